The smallest absolute Gasteiger partial charge is 0.407 e. The topological polar surface area (TPSA) is 125 Å². The number of rotatable bonds is 18. The van der Waals surface area contributed by atoms with Crippen LogP contribution in [0, 0.1) is 23.7 Å². The number of hydrogen-bond donors (Lipinski definition) is 3. The fraction of sp³-hybridized carbons (Fsp3) is 0.771. The molecule has 0 bridgehead atoms. The minimum absolute atomic E-state index is 0.00153. The molecule has 2 rings (SSSR count). The van der Waals surface area contributed by atoms with E-state index in [4.69, 9.17) is 23.7 Å². The maximum Gasteiger partial charge on any atom is 0.407 e. The number of amides is 2. The highest BCUT2D eigenvalue weighted by molar-refractivity contribution is 5.79. The molecule has 3 N–H and O–H groups in total. The van der Waals surface area contributed by atoms with Gasteiger partial charge in [0.15, 0.2) is 0 Å². The van der Waals surface area contributed by atoms with Crippen molar-refractivity contribution in [3.8, 4) is 11.5 Å². The number of hydrogen-bond acceptors (Lipinski definition) is 8. The van der Waals surface area contributed by atoms with Crippen molar-refractivity contribution in [2.24, 2.45) is 23.7 Å². The first-order valence-corrected chi connectivity index (χ1v) is 16.6. The van der Waals surface area contributed by atoms with Crippen LogP contribution in [0.4, 0.5) is 4.79 Å². The first-order chi connectivity index (χ1) is 21.2. The third kappa shape index (κ3) is 14.6. The molecular weight excluding hydrogens is 576 g/mol. The molecule has 10 nitrogen and oxygen atoms in total. The Bertz CT molecular complexity index is 1020. The second-order valence-electron chi connectivity index (χ2n) is 14.0. The van der Waals surface area contributed by atoms with Gasteiger partial charge < -0.3 is 39.4 Å². The summed E-state index contributed by atoms with van der Waals surface area (Å²) in [6.45, 7) is 16.1. The van der Waals surface area contributed by atoms with Gasteiger partial charge in [-0.1, -0.05) is 27.7 Å². The molecule has 258 valence electrons. The standard InChI is InChI=1S/C35H60N2O8/c1-23(2)26(17-25-18-28(42-9)21-29(19-25)44-14-10-13-41-8)20-31(37-34(40)45-35(5,6)7)32(38)22-30(24(3)4)33(39)36-27-11-15-43-16-12-27/h18-19,21,23-24,26-27,30-32,38H,10-17,20,22H2,1-9H3,(H,36,39)(H,37,40)/t26-,30-,31-,32-/m0/s1. The maximum atomic E-state index is 13.4. The van der Waals surface area contributed by atoms with Crippen molar-refractivity contribution in [3.63, 3.8) is 0 Å². The molecule has 1 aromatic rings. The van der Waals surface area contributed by atoms with Gasteiger partial charge in [-0.3, -0.25) is 4.79 Å². The Morgan fingerprint density at radius 1 is 0.978 bits per heavy atom. The lowest BCUT2D eigenvalue weighted by atomic mass is 9.80. The molecule has 1 heterocycles. The van der Waals surface area contributed by atoms with Crippen molar-refractivity contribution in [1.29, 1.82) is 0 Å². The van der Waals surface area contributed by atoms with E-state index in [0.717, 1.165) is 30.6 Å². The summed E-state index contributed by atoms with van der Waals surface area (Å²) in [6.07, 6.45) is 2.18. The van der Waals surface area contributed by atoms with E-state index in [9.17, 15) is 14.7 Å². The lowest BCUT2D eigenvalue weighted by molar-refractivity contribution is -0.129. The van der Waals surface area contributed by atoms with Gasteiger partial charge in [0.25, 0.3) is 0 Å². The average molecular weight is 637 g/mol. The number of methoxy groups -OCH3 is 2. The van der Waals surface area contributed by atoms with Crippen molar-refractivity contribution in [3.05, 3.63) is 23.8 Å². The van der Waals surface area contributed by atoms with Crippen LogP contribution in [0.25, 0.3) is 0 Å². The minimum Gasteiger partial charge on any atom is -0.497 e. The molecule has 0 saturated carbocycles. The van der Waals surface area contributed by atoms with E-state index in [2.05, 4.69) is 24.5 Å². The normalized spacial score (nSPS) is 17.0. The molecular formula is C35H60N2O8. The van der Waals surface area contributed by atoms with Crippen LogP contribution in [0.5, 0.6) is 11.5 Å². The summed E-state index contributed by atoms with van der Waals surface area (Å²) >= 11 is 0. The van der Waals surface area contributed by atoms with E-state index in [0.29, 0.717) is 45.0 Å². The van der Waals surface area contributed by atoms with Crippen LogP contribution >= 0.6 is 0 Å². The van der Waals surface area contributed by atoms with E-state index >= 15 is 0 Å². The van der Waals surface area contributed by atoms with Crippen molar-refractivity contribution in [2.75, 3.05) is 40.6 Å². The van der Waals surface area contributed by atoms with E-state index in [1.807, 2.05) is 52.8 Å². The van der Waals surface area contributed by atoms with E-state index in [1.165, 1.54) is 0 Å². The zero-order valence-electron chi connectivity index (χ0n) is 29.1. The molecule has 1 aliphatic heterocycles. The highest BCUT2D eigenvalue weighted by atomic mass is 16.6. The molecule has 4 atom stereocenters. The van der Waals surface area contributed by atoms with E-state index in [1.54, 1.807) is 14.2 Å². The molecule has 0 unspecified atom stereocenters. The molecule has 2 amide bonds. The van der Waals surface area contributed by atoms with Gasteiger partial charge in [0.2, 0.25) is 5.91 Å². The van der Waals surface area contributed by atoms with Gasteiger partial charge in [0, 0.05) is 51.4 Å². The van der Waals surface area contributed by atoms with Crippen LogP contribution in [0.2, 0.25) is 0 Å². The molecule has 0 aliphatic carbocycles. The third-order valence-electron chi connectivity index (χ3n) is 8.31. The predicted octanol–water partition coefficient (Wildman–Crippen LogP) is 5.53. The van der Waals surface area contributed by atoms with Gasteiger partial charge >= 0.3 is 6.09 Å². The number of benzene rings is 1. The molecule has 0 radical (unpaired) electrons. The Labute approximate surface area is 271 Å². The average Bonchev–Trinajstić information content (AvgIpc) is 2.96. The van der Waals surface area contributed by atoms with Crippen molar-refractivity contribution in [1.82, 2.24) is 10.6 Å². The second-order valence-corrected chi connectivity index (χ2v) is 14.0. The zero-order chi connectivity index (χ0) is 33.6. The van der Waals surface area contributed by atoms with Gasteiger partial charge in [0.1, 0.15) is 17.1 Å². The monoisotopic (exact) mass is 636 g/mol. The van der Waals surface area contributed by atoms with Gasteiger partial charge in [0.05, 0.1) is 25.9 Å². The highest BCUT2D eigenvalue weighted by Crippen LogP contribution is 2.30. The van der Waals surface area contributed by atoms with Crippen LogP contribution in [-0.4, -0.2) is 81.5 Å². The zero-order valence-corrected chi connectivity index (χ0v) is 29.1. The number of aliphatic hydroxyl groups excluding tert-OH is 1. The summed E-state index contributed by atoms with van der Waals surface area (Å²) in [5, 5.41) is 17.8. The molecule has 45 heavy (non-hydrogen) atoms. The molecule has 1 fully saturated rings. The molecule has 0 spiro atoms. The third-order valence-corrected chi connectivity index (χ3v) is 8.31. The quantitative estimate of drug-likeness (QED) is 0.180. The van der Waals surface area contributed by atoms with Crippen LogP contribution in [-0.2, 0) is 25.4 Å². The van der Waals surface area contributed by atoms with E-state index in [-0.39, 0.29) is 36.1 Å². The van der Waals surface area contributed by atoms with Crippen LogP contribution < -0.4 is 20.1 Å². The Kier molecular flexibility index (Phi) is 16.5. The van der Waals surface area contributed by atoms with Gasteiger partial charge in [-0.15, -0.1) is 0 Å². The lowest BCUT2D eigenvalue weighted by Gasteiger charge is -2.34. The van der Waals surface area contributed by atoms with E-state index < -0.39 is 29.8 Å². The van der Waals surface area contributed by atoms with Crippen LogP contribution in [0.3, 0.4) is 0 Å². The first-order valence-electron chi connectivity index (χ1n) is 16.6. The Hall–Kier alpha value is -2.56. The lowest BCUT2D eigenvalue weighted by Crippen LogP contribution is -2.49. The Balaban J connectivity index is 2.27. The molecule has 10 heteroatoms. The molecule has 0 aromatic heterocycles. The van der Waals surface area contributed by atoms with Crippen LogP contribution in [0.15, 0.2) is 18.2 Å². The minimum atomic E-state index is -0.961. The van der Waals surface area contributed by atoms with Crippen molar-refractivity contribution < 1.29 is 38.4 Å². The number of ether oxygens (including phenoxy) is 5. The fourth-order valence-corrected chi connectivity index (χ4v) is 5.59. The molecule has 1 aliphatic rings. The largest absolute Gasteiger partial charge is 0.497 e. The fourth-order valence-electron chi connectivity index (χ4n) is 5.59. The van der Waals surface area contributed by atoms with Crippen molar-refractivity contribution in [2.45, 2.75) is 111 Å². The molecule has 1 aromatic carbocycles. The van der Waals surface area contributed by atoms with Crippen molar-refractivity contribution >= 4 is 12.0 Å². The highest BCUT2D eigenvalue weighted by Gasteiger charge is 2.34. The SMILES string of the molecule is COCCCOc1cc(C[C@@H](C[C@H](NC(=O)OC(C)(C)C)[C@@H](O)C[C@H](C(=O)NC2CCOCC2)C(C)C)C(C)C)cc(OC)c1. The Morgan fingerprint density at radius 3 is 2.22 bits per heavy atom. The predicted molar refractivity (Wildman–Crippen MR) is 176 cm³/mol. The summed E-state index contributed by atoms with van der Waals surface area (Å²) < 4.78 is 27.7. The van der Waals surface area contributed by atoms with Crippen LogP contribution in [0.1, 0.15) is 86.1 Å². The maximum absolute atomic E-state index is 13.4. The van der Waals surface area contributed by atoms with Gasteiger partial charge in [-0.05, 0) is 88.3 Å². The Morgan fingerprint density at radius 2 is 1.64 bits per heavy atom. The summed E-state index contributed by atoms with van der Waals surface area (Å²) in [4.78, 5) is 26.4. The number of carbonyl (C=O) groups excluding carboxylic acids is 2. The second kappa shape index (κ2) is 19.2. The number of nitrogens with one attached hydrogen (secondary N) is 2. The summed E-state index contributed by atoms with van der Waals surface area (Å²) in [5.74, 6) is 1.26. The number of carbonyl (C=O) groups is 2. The summed E-state index contributed by atoms with van der Waals surface area (Å²) in [6, 6.07) is 5.34. The number of alkyl carbamates (subject to hydrolysis) is 1. The summed E-state index contributed by atoms with van der Waals surface area (Å²) in [7, 11) is 3.30. The molecule has 1 saturated heterocycles. The van der Waals surface area contributed by atoms with Gasteiger partial charge in [-0.25, -0.2) is 4.79 Å². The summed E-state index contributed by atoms with van der Waals surface area (Å²) in [5.41, 5.74) is 0.345. The first kappa shape index (κ1) is 38.6. The number of aliphatic hydroxyl groups is 1. The van der Waals surface area contributed by atoms with Gasteiger partial charge in [-0.2, -0.15) is 0 Å².